The zero-order valence-corrected chi connectivity index (χ0v) is 10.5. The summed E-state index contributed by atoms with van der Waals surface area (Å²) in [5, 5.41) is 8.92. The summed E-state index contributed by atoms with van der Waals surface area (Å²) in [7, 11) is 0. The van der Waals surface area contributed by atoms with E-state index in [1.807, 2.05) is 0 Å². The SMILES string of the molecule is Nc1cnc(Oc2ccc(CO)cc2)c(Br)c1. The number of pyridine rings is 1. The smallest absolute Gasteiger partial charge is 0.233 e. The number of hydrogen-bond acceptors (Lipinski definition) is 4. The Balaban J connectivity index is 2.19. The van der Waals surface area contributed by atoms with Crippen molar-refractivity contribution in [1.82, 2.24) is 4.98 Å². The van der Waals surface area contributed by atoms with Crippen LogP contribution in [0.1, 0.15) is 5.56 Å². The van der Waals surface area contributed by atoms with Crippen molar-refractivity contribution in [3.63, 3.8) is 0 Å². The van der Waals surface area contributed by atoms with Crippen molar-refractivity contribution in [1.29, 1.82) is 0 Å². The van der Waals surface area contributed by atoms with Crippen LogP contribution in [0.2, 0.25) is 0 Å². The van der Waals surface area contributed by atoms with Gasteiger partial charge in [-0.05, 0) is 39.7 Å². The molecule has 3 N–H and O–H groups in total. The largest absolute Gasteiger partial charge is 0.438 e. The Morgan fingerprint density at radius 1 is 1.29 bits per heavy atom. The van der Waals surface area contributed by atoms with E-state index in [2.05, 4.69) is 20.9 Å². The third kappa shape index (κ3) is 2.95. The molecule has 0 saturated heterocycles. The highest BCUT2D eigenvalue weighted by Crippen LogP contribution is 2.28. The van der Waals surface area contributed by atoms with E-state index in [9.17, 15) is 0 Å². The van der Waals surface area contributed by atoms with E-state index in [0.29, 0.717) is 21.8 Å². The summed E-state index contributed by atoms with van der Waals surface area (Å²) < 4.78 is 6.27. The quantitative estimate of drug-likeness (QED) is 0.913. The molecule has 0 saturated carbocycles. The molecule has 0 aliphatic carbocycles. The number of nitrogens with zero attached hydrogens (tertiary/aromatic N) is 1. The van der Waals surface area contributed by atoms with Gasteiger partial charge in [0.1, 0.15) is 5.75 Å². The van der Waals surface area contributed by atoms with Gasteiger partial charge in [0.25, 0.3) is 0 Å². The maximum atomic E-state index is 8.92. The fraction of sp³-hybridized carbons (Fsp3) is 0.0833. The van der Waals surface area contributed by atoms with Gasteiger partial charge in [-0.2, -0.15) is 0 Å². The molecule has 1 heterocycles. The average Bonchev–Trinajstić information content (AvgIpc) is 2.34. The third-order valence-electron chi connectivity index (χ3n) is 2.15. The summed E-state index contributed by atoms with van der Waals surface area (Å²) in [4.78, 5) is 4.07. The second kappa shape index (κ2) is 5.16. The second-order valence-corrected chi connectivity index (χ2v) is 4.31. The molecule has 5 heteroatoms. The molecule has 4 nitrogen and oxygen atoms in total. The lowest BCUT2D eigenvalue weighted by Crippen LogP contribution is -1.92. The van der Waals surface area contributed by atoms with Crippen LogP contribution in [0.25, 0.3) is 0 Å². The summed E-state index contributed by atoms with van der Waals surface area (Å²) in [6.45, 7) is 0.0180. The fourth-order valence-corrected chi connectivity index (χ4v) is 1.74. The number of anilines is 1. The van der Waals surface area contributed by atoms with Crippen LogP contribution < -0.4 is 10.5 Å². The van der Waals surface area contributed by atoms with Crippen LogP contribution in [0.4, 0.5) is 5.69 Å². The molecule has 0 amide bonds. The third-order valence-corrected chi connectivity index (χ3v) is 2.72. The van der Waals surface area contributed by atoms with Crippen molar-refractivity contribution in [2.24, 2.45) is 0 Å². The molecule has 1 aromatic carbocycles. The first kappa shape index (κ1) is 11.9. The van der Waals surface area contributed by atoms with Crippen LogP contribution in [-0.2, 0) is 6.61 Å². The van der Waals surface area contributed by atoms with E-state index in [4.69, 9.17) is 15.6 Å². The maximum absolute atomic E-state index is 8.92. The predicted octanol–water partition coefficient (Wildman–Crippen LogP) is 2.71. The minimum atomic E-state index is 0.0180. The first-order valence-electron chi connectivity index (χ1n) is 4.97. The van der Waals surface area contributed by atoms with Gasteiger partial charge in [-0.3, -0.25) is 0 Å². The van der Waals surface area contributed by atoms with Gasteiger partial charge in [-0.1, -0.05) is 12.1 Å². The van der Waals surface area contributed by atoms with Gasteiger partial charge >= 0.3 is 0 Å². The van der Waals surface area contributed by atoms with Crippen LogP contribution in [0.5, 0.6) is 11.6 Å². The van der Waals surface area contributed by atoms with Crippen molar-refractivity contribution < 1.29 is 9.84 Å². The van der Waals surface area contributed by atoms with Crippen molar-refractivity contribution in [3.8, 4) is 11.6 Å². The fourth-order valence-electron chi connectivity index (χ4n) is 1.29. The Morgan fingerprint density at radius 2 is 2.00 bits per heavy atom. The van der Waals surface area contributed by atoms with Crippen LogP contribution >= 0.6 is 15.9 Å². The van der Waals surface area contributed by atoms with Crippen LogP contribution in [0.3, 0.4) is 0 Å². The zero-order valence-electron chi connectivity index (χ0n) is 8.93. The number of nitrogen functional groups attached to an aromatic ring is 1. The lowest BCUT2D eigenvalue weighted by molar-refractivity contribution is 0.281. The van der Waals surface area contributed by atoms with Crippen LogP contribution in [0, 0.1) is 0 Å². The molecular weight excluding hydrogens is 284 g/mol. The molecule has 0 radical (unpaired) electrons. The van der Waals surface area contributed by atoms with Crippen LogP contribution in [0.15, 0.2) is 41.0 Å². The molecule has 88 valence electrons. The standard InChI is InChI=1S/C12H11BrN2O2/c13-11-5-9(14)6-15-12(11)17-10-3-1-8(7-16)2-4-10/h1-6,16H,7,14H2. The second-order valence-electron chi connectivity index (χ2n) is 3.46. The number of aliphatic hydroxyl groups excluding tert-OH is 1. The molecule has 1 aromatic heterocycles. The normalized spacial score (nSPS) is 10.2. The number of aromatic nitrogens is 1. The summed E-state index contributed by atoms with van der Waals surface area (Å²) in [6, 6.07) is 8.86. The van der Waals surface area contributed by atoms with E-state index in [1.165, 1.54) is 6.20 Å². The Labute approximate surface area is 107 Å². The Bertz CT molecular complexity index is 514. The molecule has 0 aliphatic heterocycles. The van der Waals surface area contributed by atoms with E-state index in [-0.39, 0.29) is 6.61 Å². The predicted molar refractivity (Wildman–Crippen MR) is 68.8 cm³/mol. The maximum Gasteiger partial charge on any atom is 0.233 e. The van der Waals surface area contributed by atoms with Gasteiger partial charge in [0.2, 0.25) is 5.88 Å². The molecule has 17 heavy (non-hydrogen) atoms. The van der Waals surface area contributed by atoms with Crippen molar-refractivity contribution in [2.45, 2.75) is 6.61 Å². The minimum absolute atomic E-state index is 0.0180. The number of hydrogen-bond donors (Lipinski definition) is 2. The summed E-state index contributed by atoms with van der Waals surface area (Å²) in [5.41, 5.74) is 6.99. The Hall–Kier alpha value is -1.59. The van der Waals surface area contributed by atoms with Gasteiger partial charge in [-0.15, -0.1) is 0 Å². The highest BCUT2D eigenvalue weighted by Gasteiger charge is 2.04. The van der Waals surface area contributed by atoms with Gasteiger partial charge in [0.05, 0.1) is 23.0 Å². The van der Waals surface area contributed by atoms with Crippen molar-refractivity contribution >= 4 is 21.6 Å². The van der Waals surface area contributed by atoms with Gasteiger partial charge in [0, 0.05) is 0 Å². The highest BCUT2D eigenvalue weighted by molar-refractivity contribution is 9.10. The summed E-state index contributed by atoms with van der Waals surface area (Å²) in [5.74, 6) is 1.11. The van der Waals surface area contributed by atoms with E-state index < -0.39 is 0 Å². The van der Waals surface area contributed by atoms with Gasteiger partial charge in [0.15, 0.2) is 0 Å². The number of ether oxygens (including phenoxy) is 1. The summed E-state index contributed by atoms with van der Waals surface area (Å²) in [6.07, 6.45) is 1.53. The molecule has 2 aromatic rings. The summed E-state index contributed by atoms with van der Waals surface area (Å²) >= 11 is 3.33. The number of aliphatic hydroxyl groups is 1. The minimum Gasteiger partial charge on any atom is -0.438 e. The number of halogens is 1. The molecule has 0 spiro atoms. The topological polar surface area (TPSA) is 68.4 Å². The molecule has 0 unspecified atom stereocenters. The number of nitrogens with two attached hydrogens (primary N) is 1. The molecule has 0 bridgehead atoms. The average molecular weight is 295 g/mol. The lowest BCUT2D eigenvalue weighted by atomic mass is 10.2. The lowest BCUT2D eigenvalue weighted by Gasteiger charge is -2.07. The molecule has 0 fully saturated rings. The van der Waals surface area contributed by atoms with Crippen LogP contribution in [-0.4, -0.2) is 10.1 Å². The van der Waals surface area contributed by atoms with Crippen molar-refractivity contribution in [3.05, 3.63) is 46.6 Å². The van der Waals surface area contributed by atoms with Gasteiger partial charge < -0.3 is 15.6 Å². The molecule has 0 atom stereocenters. The van der Waals surface area contributed by atoms with Crippen molar-refractivity contribution in [2.75, 3.05) is 5.73 Å². The Morgan fingerprint density at radius 3 is 2.59 bits per heavy atom. The zero-order chi connectivity index (χ0) is 12.3. The molecular formula is C12H11BrN2O2. The van der Waals surface area contributed by atoms with E-state index in [0.717, 1.165) is 5.56 Å². The highest BCUT2D eigenvalue weighted by atomic mass is 79.9. The monoisotopic (exact) mass is 294 g/mol. The molecule has 2 rings (SSSR count). The first-order valence-corrected chi connectivity index (χ1v) is 5.77. The first-order chi connectivity index (χ1) is 8.19. The number of rotatable bonds is 3. The van der Waals surface area contributed by atoms with E-state index >= 15 is 0 Å². The van der Waals surface area contributed by atoms with E-state index in [1.54, 1.807) is 30.3 Å². The molecule has 0 aliphatic rings. The number of benzene rings is 1. The Kier molecular flexibility index (Phi) is 3.61. The van der Waals surface area contributed by atoms with Gasteiger partial charge in [-0.25, -0.2) is 4.98 Å².